The Morgan fingerprint density at radius 3 is 2.65 bits per heavy atom. The van der Waals surface area contributed by atoms with Crippen LogP contribution in [-0.2, 0) is 0 Å². The van der Waals surface area contributed by atoms with Crippen LogP contribution in [0.1, 0.15) is 49.0 Å². The maximum absolute atomic E-state index is 11.0. The van der Waals surface area contributed by atoms with Gasteiger partial charge in [0.1, 0.15) is 5.69 Å². The average molecular weight is 233 g/mol. The smallest absolute Gasteiger partial charge is 0.267 e. The number of nitrogens with one attached hydrogen (secondary N) is 1. The molecule has 1 aromatic rings. The van der Waals surface area contributed by atoms with Crippen molar-refractivity contribution in [2.24, 2.45) is 5.73 Å². The molecule has 0 saturated heterocycles. The summed E-state index contributed by atoms with van der Waals surface area (Å²) in [6, 6.07) is 4.13. The van der Waals surface area contributed by atoms with Crippen molar-refractivity contribution in [2.75, 3.05) is 5.32 Å². The van der Waals surface area contributed by atoms with Gasteiger partial charge in [0.2, 0.25) is 0 Å². The second-order valence-electron chi connectivity index (χ2n) is 4.63. The number of carbonyl (C=O) groups excluding carboxylic acids is 1. The molecular formula is C13H19N3O. The summed E-state index contributed by atoms with van der Waals surface area (Å²) in [5.74, 6) is -0.477. The Bertz CT molecular complexity index is 384. The maximum Gasteiger partial charge on any atom is 0.267 e. The van der Waals surface area contributed by atoms with Crippen molar-refractivity contribution >= 4 is 11.6 Å². The van der Waals surface area contributed by atoms with Gasteiger partial charge in [-0.05, 0) is 25.0 Å². The Labute approximate surface area is 102 Å². The van der Waals surface area contributed by atoms with Crippen LogP contribution in [0.4, 0.5) is 5.69 Å². The van der Waals surface area contributed by atoms with Crippen molar-refractivity contribution < 1.29 is 4.79 Å². The number of pyridine rings is 1. The van der Waals surface area contributed by atoms with Gasteiger partial charge in [-0.15, -0.1) is 0 Å². The third-order valence-corrected chi connectivity index (χ3v) is 3.24. The van der Waals surface area contributed by atoms with Crippen LogP contribution in [0, 0.1) is 0 Å². The Hall–Kier alpha value is -1.58. The summed E-state index contributed by atoms with van der Waals surface area (Å²) >= 11 is 0. The van der Waals surface area contributed by atoms with Crippen LogP contribution >= 0.6 is 0 Å². The molecule has 0 spiro atoms. The molecule has 0 aliphatic heterocycles. The van der Waals surface area contributed by atoms with Gasteiger partial charge in [0.25, 0.3) is 5.91 Å². The van der Waals surface area contributed by atoms with E-state index in [1.165, 1.54) is 38.5 Å². The van der Waals surface area contributed by atoms with Gasteiger partial charge >= 0.3 is 0 Å². The molecule has 1 fully saturated rings. The van der Waals surface area contributed by atoms with Crippen molar-refractivity contribution in [3.8, 4) is 0 Å². The molecule has 1 aliphatic carbocycles. The van der Waals surface area contributed by atoms with Gasteiger partial charge in [-0.25, -0.2) is 0 Å². The average Bonchev–Trinajstić information content (AvgIpc) is 2.58. The van der Waals surface area contributed by atoms with E-state index in [9.17, 15) is 4.79 Å². The summed E-state index contributed by atoms with van der Waals surface area (Å²) < 4.78 is 0. The Morgan fingerprint density at radius 1 is 1.29 bits per heavy atom. The van der Waals surface area contributed by atoms with E-state index in [2.05, 4.69) is 10.3 Å². The van der Waals surface area contributed by atoms with E-state index in [0.717, 1.165) is 5.69 Å². The SMILES string of the molecule is NC(=O)c1cc(NC2CCCCCC2)ccn1. The predicted octanol–water partition coefficient (Wildman–Crippen LogP) is 2.32. The normalized spacial score (nSPS) is 17.4. The van der Waals surface area contributed by atoms with E-state index < -0.39 is 5.91 Å². The summed E-state index contributed by atoms with van der Waals surface area (Å²) in [6.45, 7) is 0. The zero-order valence-corrected chi connectivity index (χ0v) is 9.98. The number of nitrogens with zero attached hydrogens (tertiary/aromatic N) is 1. The molecule has 1 aromatic heterocycles. The van der Waals surface area contributed by atoms with Crippen LogP contribution in [0.5, 0.6) is 0 Å². The number of amides is 1. The first-order valence-electron chi connectivity index (χ1n) is 6.28. The van der Waals surface area contributed by atoms with Crippen LogP contribution in [0.25, 0.3) is 0 Å². The van der Waals surface area contributed by atoms with Crippen molar-refractivity contribution in [1.29, 1.82) is 0 Å². The van der Waals surface area contributed by atoms with Crippen molar-refractivity contribution in [2.45, 2.75) is 44.6 Å². The van der Waals surface area contributed by atoms with Gasteiger partial charge in [-0.1, -0.05) is 25.7 Å². The molecule has 1 heterocycles. The fourth-order valence-electron chi connectivity index (χ4n) is 2.31. The third kappa shape index (κ3) is 3.44. The van der Waals surface area contributed by atoms with Gasteiger partial charge in [0.05, 0.1) is 0 Å². The molecule has 0 unspecified atom stereocenters. The molecule has 0 aromatic carbocycles. The summed E-state index contributed by atoms with van der Waals surface area (Å²) in [5.41, 5.74) is 6.48. The van der Waals surface area contributed by atoms with Gasteiger partial charge in [0, 0.05) is 17.9 Å². The number of anilines is 1. The number of hydrogen-bond donors (Lipinski definition) is 2. The lowest BCUT2D eigenvalue weighted by molar-refractivity contribution is 0.0995. The zero-order chi connectivity index (χ0) is 12.1. The van der Waals surface area contributed by atoms with Gasteiger partial charge in [0.15, 0.2) is 0 Å². The fraction of sp³-hybridized carbons (Fsp3) is 0.538. The van der Waals surface area contributed by atoms with Crippen LogP contribution in [0.3, 0.4) is 0 Å². The quantitative estimate of drug-likeness (QED) is 0.787. The fourth-order valence-corrected chi connectivity index (χ4v) is 2.31. The van der Waals surface area contributed by atoms with Crippen molar-refractivity contribution in [3.05, 3.63) is 24.0 Å². The lowest BCUT2D eigenvalue weighted by atomic mass is 10.1. The molecule has 4 nitrogen and oxygen atoms in total. The molecule has 1 saturated carbocycles. The Kier molecular flexibility index (Phi) is 3.96. The molecule has 2 rings (SSSR count). The lowest BCUT2D eigenvalue weighted by Crippen LogP contribution is -2.19. The van der Waals surface area contributed by atoms with E-state index in [1.807, 2.05) is 6.07 Å². The highest BCUT2D eigenvalue weighted by Gasteiger charge is 2.12. The number of nitrogens with two attached hydrogens (primary N) is 1. The predicted molar refractivity (Wildman–Crippen MR) is 67.9 cm³/mol. The molecule has 1 aliphatic rings. The van der Waals surface area contributed by atoms with E-state index in [-0.39, 0.29) is 0 Å². The highest BCUT2D eigenvalue weighted by atomic mass is 16.1. The molecule has 0 radical (unpaired) electrons. The van der Waals surface area contributed by atoms with Crippen LogP contribution in [0.15, 0.2) is 18.3 Å². The minimum atomic E-state index is -0.477. The lowest BCUT2D eigenvalue weighted by Gasteiger charge is -2.17. The molecule has 4 heteroatoms. The molecule has 17 heavy (non-hydrogen) atoms. The van der Waals surface area contributed by atoms with Gasteiger partial charge in [-0.3, -0.25) is 9.78 Å². The molecule has 1 amide bonds. The first-order valence-corrected chi connectivity index (χ1v) is 6.28. The van der Waals surface area contributed by atoms with E-state index in [0.29, 0.717) is 11.7 Å². The zero-order valence-electron chi connectivity index (χ0n) is 9.98. The number of hydrogen-bond acceptors (Lipinski definition) is 3. The third-order valence-electron chi connectivity index (χ3n) is 3.24. The number of rotatable bonds is 3. The monoisotopic (exact) mass is 233 g/mol. The molecule has 0 bridgehead atoms. The topological polar surface area (TPSA) is 68.0 Å². The summed E-state index contributed by atoms with van der Waals surface area (Å²) in [6.07, 6.45) is 9.26. The standard InChI is InChI=1S/C13H19N3O/c14-13(17)12-9-11(7-8-15-12)16-10-5-3-1-2-4-6-10/h7-10H,1-6H2,(H2,14,17)(H,15,16). The Morgan fingerprint density at radius 2 is 2.00 bits per heavy atom. The van der Waals surface area contributed by atoms with Crippen LogP contribution in [0.2, 0.25) is 0 Å². The number of carbonyl (C=O) groups is 1. The van der Waals surface area contributed by atoms with E-state index in [1.54, 1.807) is 12.3 Å². The van der Waals surface area contributed by atoms with Crippen molar-refractivity contribution in [1.82, 2.24) is 4.98 Å². The number of aromatic nitrogens is 1. The molecule has 3 N–H and O–H groups in total. The largest absolute Gasteiger partial charge is 0.382 e. The number of primary amides is 1. The van der Waals surface area contributed by atoms with E-state index >= 15 is 0 Å². The highest BCUT2D eigenvalue weighted by Crippen LogP contribution is 2.21. The second-order valence-corrected chi connectivity index (χ2v) is 4.63. The van der Waals surface area contributed by atoms with Crippen molar-refractivity contribution in [3.63, 3.8) is 0 Å². The molecule has 92 valence electrons. The minimum absolute atomic E-state index is 0.323. The van der Waals surface area contributed by atoms with Gasteiger partial charge < -0.3 is 11.1 Å². The summed E-state index contributed by atoms with van der Waals surface area (Å²) in [5, 5.41) is 3.47. The minimum Gasteiger partial charge on any atom is -0.382 e. The van der Waals surface area contributed by atoms with Crippen LogP contribution < -0.4 is 11.1 Å². The van der Waals surface area contributed by atoms with E-state index in [4.69, 9.17) is 5.73 Å². The van der Waals surface area contributed by atoms with Crippen LogP contribution in [-0.4, -0.2) is 16.9 Å². The highest BCUT2D eigenvalue weighted by molar-refractivity contribution is 5.91. The molecular weight excluding hydrogens is 214 g/mol. The summed E-state index contributed by atoms with van der Waals surface area (Å²) in [4.78, 5) is 15.0. The maximum atomic E-state index is 11.0. The Balaban J connectivity index is 2.01. The second kappa shape index (κ2) is 5.66. The van der Waals surface area contributed by atoms with Gasteiger partial charge in [-0.2, -0.15) is 0 Å². The molecule has 0 atom stereocenters. The first-order chi connectivity index (χ1) is 8.25. The first kappa shape index (κ1) is 11.9. The summed E-state index contributed by atoms with van der Waals surface area (Å²) in [7, 11) is 0.